The van der Waals surface area contributed by atoms with Crippen LogP contribution in [0, 0.1) is 16.0 Å². The number of aromatic nitrogens is 3. The van der Waals surface area contributed by atoms with Crippen LogP contribution in [0.4, 0.5) is 22.7 Å². The Hall–Kier alpha value is -5.28. The number of carbonyl (C=O) groups excluding carboxylic acids is 2. The zero-order valence-corrected chi connectivity index (χ0v) is 30.0. The Morgan fingerprint density at radius 2 is 1.79 bits per heavy atom. The molecule has 13 nitrogen and oxygen atoms in total. The van der Waals surface area contributed by atoms with Gasteiger partial charge in [-0.1, -0.05) is 48.5 Å². The molecule has 1 fully saturated rings. The summed E-state index contributed by atoms with van der Waals surface area (Å²) in [6.45, 7) is 6.02. The summed E-state index contributed by atoms with van der Waals surface area (Å²) < 4.78 is 8.53. The predicted octanol–water partition coefficient (Wildman–Crippen LogP) is 5.60. The van der Waals surface area contributed by atoms with E-state index >= 15 is 0 Å². The number of amides is 2. The number of anilines is 3. The van der Waals surface area contributed by atoms with E-state index in [2.05, 4.69) is 10.3 Å². The molecule has 1 saturated heterocycles. The second-order valence-electron chi connectivity index (χ2n) is 14.4. The molecule has 14 heteroatoms. The summed E-state index contributed by atoms with van der Waals surface area (Å²) in [7, 11) is -2.99. The lowest BCUT2D eigenvalue weighted by Gasteiger charge is -2.32. The number of aryl methyl sites for hydroxylation is 1. The van der Waals surface area contributed by atoms with Crippen molar-refractivity contribution >= 4 is 53.7 Å². The van der Waals surface area contributed by atoms with Crippen LogP contribution >= 0.6 is 0 Å². The SMILES string of the molecule is C[C@@H]1[C@@H]([Si](C)(C)O)[C@H](CCn2cc(CCO)nn2)O[C@@]12C(=O)N(Cc1cccc(N3C(=O)c4cccc5cccc3c45)c1)c1ccc([N+](=O)[O-])cc12. The van der Waals surface area contributed by atoms with Crippen molar-refractivity contribution in [3.8, 4) is 0 Å². The number of hydrogen-bond donors (Lipinski definition) is 2. The van der Waals surface area contributed by atoms with Crippen LogP contribution in [0.1, 0.15) is 40.5 Å². The van der Waals surface area contributed by atoms with Gasteiger partial charge in [0.2, 0.25) is 0 Å². The molecule has 0 bridgehead atoms. The standard InChI is InChI=1S/C38H38N6O7Si/c1-23-35(52(2,3)50)33(15-17-41-22-26(16-18-45)39-40-41)51-38(23)30-20-28(44(48)49)13-14-31(30)42(37(38)47)21-24-7-4-10-27(19-24)43-32-12-6-9-25-8-5-11-29(34(25)32)36(43)46/h4-14,19-20,22-23,33,35,45,50H,15-18,21H2,1-3H3/t23-,33+,35-,38+/m1/s1. The number of fused-ring (bicyclic) bond motifs is 2. The van der Waals surface area contributed by atoms with Gasteiger partial charge < -0.3 is 19.5 Å². The van der Waals surface area contributed by atoms with E-state index in [-0.39, 0.29) is 30.7 Å². The van der Waals surface area contributed by atoms with Crippen molar-refractivity contribution < 1.29 is 29.2 Å². The molecule has 52 heavy (non-hydrogen) atoms. The van der Waals surface area contributed by atoms with Gasteiger partial charge in [-0.15, -0.1) is 5.10 Å². The van der Waals surface area contributed by atoms with E-state index in [1.165, 1.54) is 12.1 Å². The third-order valence-corrected chi connectivity index (χ3v) is 13.3. The normalized spacial score (nSPS) is 22.3. The number of rotatable bonds is 10. The highest BCUT2D eigenvalue weighted by molar-refractivity contribution is 6.71. The second-order valence-corrected chi connectivity index (χ2v) is 18.4. The van der Waals surface area contributed by atoms with E-state index in [9.17, 15) is 29.6 Å². The van der Waals surface area contributed by atoms with Gasteiger partial charge in [-0.05, 0) is 60.8 Å². The maximum Gasteiger partial charge on any atom is 0.269 e. The van der Waals surface area contributed by atoms with Gasteiger partial charge in [0.05, 0.1) is 40.2 Å². The molecule has 1 aromatic heterocycles. The molecule has 8 rings (SSSR count). The van der Waals surface area contributed by atoms with Crippen LogP contribution in [0.5, 0.6) is 0 Å². The first-order valence-corrected chi connectivity index (χ1v) is 20.4. The number of nitro groups is 1. The number of ether oxygens (including phenoxy) is 1. The van der Waals surface area contributed by atoms with Crippen molar-refractivity contribution in [2.24, 2.45) is 5.92 Å². The molecule has 2 N–H and O–H groups in total. The number of non-ortho nitro benzene ring substituents is 1. The number of hydrogen-bond acceptors (Lipinski definition) is 9. The Morgan fingerprint density at radius 3 is 2.54 bits per heavy atom. The molecule has 3 aliphatic heterocycles. The Morgan fingerprint density at radius 1 is 1.02 bits per heavy atom. The van der Waals surface area contributed by atoms with Crippen molar-refractivity contribution in [3.05, 3.63) is 118 Å². The van der Waals surface area contributed by atoms with Crippen LogP contribution in [-0.2, 0) is 34.6 Å². The van der Waals surface area contributed by atoms with Gasteiger partial charge >= 0.3 is 0 Å². The Bertz CT molecular complexity index is 2260. The summed E-state index contributed by atoms with van der Waals surface area (Å²) in [4.78, 5) is 55.2. The summed E-state index contributed by atoms with van der Waals surface area (Å²) in [5, 5.41) is 31.5. The molecule has 0 aliphatic carbocycles. The summed E-state index contributed by atoms with van der Waals surface area (Å²) in [5.74, 6) is -1.00. The average molecular weight is 719 g/mol. The molecular formula is C38H38N6O7Si. The third kappa shape index (κ3) is 5.24. The zero-order valence-electron chi connectivity index (χ0n) is 29.0. The fourth-order valence-corrected chi connectivity index (χ4v) is 11.3. The molecule has 0 unspecified atom stereocenters. The Labute approximate surface area is 300 Å². The Kier molecular flexibility index (Phi) is 8.10. The van der Waals surface area contributed by atoms with Crippen molar-refractivity contribution in [3.63, 3.8) is 0 Å². The number of nitrogens with zero attached hydrogens (tertiary/aromatic N) is 6. The van der Waals surface area contributed by atoms with Crippen molar-refractivity contribution in [2.75, 3.05) is 16.4 Å². The van der Waals surface area contributed by atoms with Gasteiger partial charge in [0.1, 0.15) is 0 Å². The average Bonchev–Trinajstić information content (AvgIpc) is 3.83. The van der Waals surface area contributed by atoms with E-state index in [1.54, 1.807) is 26.7 Å². The van der Waals surface area contributed by atoms with Gasteiger partial charge in [0.15, 0.2) is 13.9 Å². The monoisotopic (exact) mass is 718 g/mol. The quantitative estimate of drug-likeness (QED) is 0.106. The molecule has 0 saturated carbocycles. The van der Waals surface area contributed by atoms with Gasteiger partial charge in [-0.3, -0.25) is 29.3 Å². The number of carbonyl (C=O) groups is 2. The number of aliphatic hydroxyl groups excluding tert-OH is 1. The van der Waals surface area contributed by atoms with Crippen molar-refractivity contribution in [1.82, 2.24) is 15.0 Å². The van der Waals surface area contributed by atoms with Crippen LogP contribution in [0.25, 0.3) is 10.8 Å². The lowest BCUT2D eigenvalue weighted by molar-refractivity contribution is -0.385. The van der Waals surface area contributed by atoms with Crippen LogP contribution in [-0.4, -0.2) is 62.7 Å². The largest absolute Gasteiger partial charge is 0.432 e. The third-order valence-electron chi connectivity index (χ3n) is 10.8. The molecule has 5 aromatic rings. The smallest absolute Gasteiger partial charge is 0.269 e. The number of benzene rings is 4. The molecule has 4 heterocycles. The molecule has 266 valence electrons. The molecule has 0 radical (unpaired) electrons. The highest BCUT2D eigenvalue weighted by Gasteiger charge is 2.66. The van der Waals surface area contributed by atoms with Gasteiger partial charge in [-0.2, -0.15) is 0 Å². The summed E-state index contributed by atoms with van der Waals surface area (Å²) in [6, 6.07) is 23.4. The van der Waals surface area contributed by atoms with E-state index in [0.717, 1.165) is 22.0 Å². The van der Waals surface area contributed by atoms with Crippen LogP contribution < -0.4 is 9.80 Å². The number of aliphatic hydroxyl groups is 1. The highest BCUT2D eigenvalue weighted by atomic mass is 28.4. The van der Waals surface area contributed by atoms with E-state index in [0.29, 0.717) is 47.6 Å². The van der Waals surface area contributed by atoms with E-state index < -0.39 is 36.4 Å². The molecule has 2 amide bonds. The molecule has 4 aromatic carbocycles. The second kappa shape index (κ2) is 12.4. The molecule has 4 atom stereocenters. The first kappa shape index (κ1) is 33.8. The van der Waals surface area contributed by atoms with Gasteiger partial charge in [0, 0.05) is 66.0 Å². The predicted molar refractivity (Wildman–Crippen MR) is 196 cm³/mol. The topological polar surface area (TPSA) is 164 Å². The first-order valence-electron chi connectivity index (χ1n) is 17.4. The lowest BCUT2D eigenvalue weighted by Crippen LogP contribution is -2.46. The molecule has 3 aliphatic rings. The van der Waals surface area contributed by atoms with Crippen LogP contribution in [0.3, 0.4) is 0 Å². The molecular weight excluding hydrogens is 681 g/mol. The fraction of sp³-hybridized carbons (Fsp3) is 0.316. The van der Waals surface area contributed by atoms with Gasteiger partial charge in [0.25, 0.3) is 17.5 Å². The number of nitro benzene ring substituents is 1. The molecule has 1 spiro atoms. The summed E-state index contributed by atoms with van der Waals surface area (Å²) in [6.07, 6.45) is 1.98. The van der Waals surface area contributed by atoms with Crippen molar-refractivity contribution in [1.29, 1.82) is 0 Å². The highest BCUT2D eigenvalue weighted by Crippen LogP contribution is 2.60. The van der Waals surface area contributed by atoms with E-state index in [1.807, 2.05) is 80.7 Å². The minimum absolute atomic E-state index is 0.0491. The van der Waals surface area contributed by atoms with Crippen molar-refractivity contribution in [2.45, 2.75) is 63.2 Å². The van der Waals surface area contributed by atoms with Crippen LogP contribution in [0.15, 0.2) is 85.1 Å². The minimum Gasteiger partial charge on any atom is -0.432 e. The van der Waals surface area contributed by atoms with E-state index in [4.69, 9.17) is 4.74 Å². The Balaban J connectivity index is 1.15. The first-order chi connectivity index (χ1) is 24.9. The summed E-state index contributed by atoms with van der Waals surface area (Å²) >= 11 is 0. The minimum atomic E-state index is -2.99. The zero-order chi connectivity index (χ0) is 36.5. The maximum absolute atomic E-state index is 15.0. The lowest BCUT2D eigenvalue weighted by atomic mass is 9.82. The fourth-order valence-electron chi connectivity index (χ4n) is 8.69. The van der Waals surface area contributed by atoms with Crippen LogP contribution in [0.2, 0.25) is 18.6 Å². The summed E-state index contributed by atoms with van der Waals surface area (Å²) in [5.41, 5.74) is 2.27. The maximum atomic E-state index is 15.0. The van der Waals surface area contributed by atoms with Gasteiger partial charge in [-0.25, -0.2) is 0 Å².